The molecule has 0 saturated carbocycles. The summed E-state index contributed by atoms with van der Waals surface area (Å²) in [7, 11) is 0. The number of benzene rings is 2. The van der Waals surface area contributed by atoms with E-state index >= 15 is 0 Å². The number of amides is 1. The zero-order valence-electron chi connectivity index (χ0n) is 10.9. The summed E-state index contributed by atoms with van der Waals surface area (Å²) in [4.78, 5) is 12.4. The average Bonchev–Trinajstić information content (AvgIpc) is 2.49. The Morgan fingerprint density at radius 1 is 1.15 bits per heavy atom. The lowest BCUT2D eigenvalue weighted by Gasteiger charge is -2.25. The van der Waals surface area contributed by atoms with Crippen molar-refractivity contribution in [3.05, 3.63) is 59.9 Å². The SMILES string of the molecule is O=C(Nc1ccc(F)cc1)C1CCNc2ccccc21. The highest BCUT2D eigenvalue weighted by molar-refractivity contribution is 5.97. The highest BCUT2D eigenvalue weighted by Crippen LogP contribution is 2.32. The number of fused-ring (bicyclic) bond motifs is 1. The fourth-order valence-electron chi connectivity index (χ4n) is 2.50. The van der Waals surface area contributed by atoms with Crippen LogP contribution in [0.5, 0.6) is 0 Å². The summed E-state index contributed by atoms with van der Waals surface area (Å²) in [5.41, 5.74) is 2.64. The Morgan fingerprint density at radius 3 is 2.70 bits per heavy atom. The molecular weight excluding hydrogens is 255 g/mol. The van der Waals surface area contributed by atoms with Crippen LogP contribution < -0.4 is 10.6 Å². The first-order chi connectivity index (χ1) is 9.74. The minimum absolute atomic E-state index is 0.0504. The molecule has 1 aliphatic heterocycles. The van der Waals surface area contributed by atoms with Gasteiger partial charge < -0.3 is 10.6 Å². The summed E-state index contributed by atoms with van der Waals surface area (Å²) in [5, 5.41) is 6.14. The Hall–Kier alpha value is -2.36. The number of rotatable bonds is 2. The fourth-order valence-corrected chi connectivity index (χ4v) is 2.50. The van der Waals surface area contributed by atoms with E-state index < -0.39 is 0 Å². The van der Waals surface area contributed by atoms with Gasteiger partial charge in [-0.2, -0.15) is 0 Å². The topological polar surface area (TPSA) is 41.1 Å². The van der Waals surface area contributed by atoms with Crippen molar-refractivity contribution in [1.82, 2.24) is 0 Å². The molecule has 0 bridgehead atoms. The highest BCUT2D eigenvalue weighted by atomic mass is 19.1. The van der Waals surface area contributed by atoms with Gasteiger partial charge in [-0.15, -0.1) is 0 Å². The molecule has 102 valence electrons. The van der Waals surface area contributed by atoms with Gasteiger partial charge >= 0.3 is 0 Å². The molecule has 2 N–H and O–H groups in total. The van der Waals surface area contributed by atoms with Crippen LogP contribution in [0.15, 0.2) is 48.5 Å². The number of halogens is 1. The Balaban J connectivity index is 1.80. The van der Waals surface area contributed by atoms with E-state index in [1.807, 2.05) is 24.3 Å². The second-order valence-corrected chi connectivity index (χ2v) is 4.85. The highest BCUT2D eigenvalue weighted by Gasteiger charge is 2.26. The molecule has 1 atom stereocenters. The first-order valence-corrected chi connectivity index (χ1v) is 6.63. The van der Waals surface area contributed by atoms with Crippen molar-refractivity contribution in [3.8, 4) is 0 Å². The summed E-state index contributed by atoms with van der Waals surface area (Å²) >= 11 is 0. The number of anilines is 2. The molecule has 1 unspecified atom stereocenters. The molecule has 1 aliphatic rings. The monoisotopic (exact) mass is 270 g/mol. The number of hydrogen-bond acceptors (Lipinski definition) is 2. The maximum Gasteiger partial charge on any atom is 0.232 e. The van der Waals surface area contributed by atoms with E-state index in [4.69, 9.17) is 0 Å². The summed E-state index contributed by atoms with van der Waals surface area (Å²) in [6.07, 6.45) is 0.754. The third kappa shape index (κ3) is 2.50. The van der Waals surface area contributed by atoms with Crippen LogP contribution in [-0.4, -0.2) is 12.5 Å². The van der Waals surface area contributed by atoms with Crippen molar-refractivity contribution >= 4 is 17.3 Å². The molecule has 0 radical (unpaired) electrons. The van der Waals surface area contributed by atoms with Gasteiger partial charge in [-0.3, -0.25) is 4.79 Å². The van der Waals surface area contributed by atoms with Crippen LogP contribution in [0.4, 0.5) is 15.8 Å². The van der Waals surface area contributed by atoms with E-state index in [1.165, 1.54) is 12.1 Å². The molecule has 1 heterocycles. The van der Waals surface area contributed by atoms with Gasteiger partial charge in [0.05, 0.1) is 5.92 Å². The van der Waals surface area contributed by atoms with Crippen molar-refractivity contribution in [2.24, 2.45) is 0 Å². The van der Waals surface area contributed by atoms with Gasteiger partial charge in [0.2, 0.25) is 5.91 Å². The van der Waals surface area contributed by atoms with Crippen LogP contribution in [-0.2, 0) is 4.79 Å². The molecule has 4 heteroatoms. The standard InChI is InChI=1S/C16H15FN2O/c17-11-5-7-12(8-6-11)19-16(20)14-9-10-18-15-4-2-1-3-13(14)15/h1-8,14,18H,9-10H2,(H,19,20). The van der Waals surface area contributed by atoms with Crippen LogP contribution >= 0.6 is 0 Å². The second kappa shape index (κ2) is 5.33. The number of carbonyl (C=O) groups is 1. The molecule has 3 nitrogen and oxygen atoms in total. The van der Waals surface area contributed by atoms with Gasteiger partial charge in [-0.25, -0.2) is 4.39 Å². The molecule has 1 amide bonds. The van der Waals surface area contributed by atoms with Gasteiger partial charge in [-0.1, -0.05) is 18.2 Å². The van der Waals surface area contributed by atoms with Gasteiger partial charge in [0, 0.05) is 17.9 Å². The van der Waals surface area contributed by atoms with Gasteiger partial charge in [0.15, 0.2) is 0 Å². The van der Waals surface area contributed by atoms with Crippen LogP contribution in [0.2, 0.25) is 0 Å². The zero-order valence-corrected chi connectivity index (χ0v) is 10.9. The summed E-state index contributed by atoms with van der Waals surface area (Å²) in [5.74, 6) is -0.529. The number of carbonyl (C=O) groups excluding carboxylic acids is 1. The van der Waals surface area contributed by atoms with Crippen LogP contribution in [0, 0.1) is 5.82 Å². The summed E-state index contributed by atoms with van der Waals surface area (Å²) < 4.78 is 12.9. The molecule has 3 rings (SSSR count). The van der Waals surface area contributed by atoms with E-state index in [0.29, 0.717) is 5.69 Å². The molecule has 0 aromatic heterocycles. The number of hydrogen-bond donors (Lipinski definition) is 2. The largest absolute Gasteiger partial charge is 0.385 e. The lowest BCUT2D eigenvalue weighted by Crippen LogP contribution is -2.27. The van der Waals surface area contributed by atoms with Crippen molar-refractivity contribution in [1.29, 1.82) is 0 Å². The van der Waals surface area contributed by atoms with Gasteiger partial charge in [-0.05, 0) is 42.3 Å². The second-order valence-electron chi connectivity index (χ2n) is 4.85. The zero-order chi connectivity index (χ0) is 13.9. The quantitative estimate of drug-likeness (QED) is 0.878. The Morgan fingerprint density at radius 2 is 1.90 bits per heavy atom. The Labute approximate surface area is 116 Å². The molecule has 20 heavy (non-hydrogen) atoms. The first kappa shape index (κ1) is 12.7. The third-order valence-corrected chi connectivity index (χ3v) is 3.51. The van der Waals surface area contributed by atoms with E-state index in [9.17, 15) is 9.18 Å². The predicted octanol–water partition coefficient (Wildman–Crippen LogP) is 3.36. The molecule has 0 aliphatic carbocycles. The normalized spacial score (nSPS) is 16.9. The van der Waals surface area contributed by atoms with Crippen LogP contribution in [0.25, 0.3) is 0 Å². The lowest BCUT2D eigenvalue weighted by atomic mass is 9.90. The minimum atomic E-state index is -0.310. The van der Waals surface area contributed by atoms with E-state index in [0.717, 1.165) is 24.2 Å². The first-order valence-electron chi connectivity index (χ1n) is 6.63. The number of nitrogens with one attached hydrogen (secondary N) is 2. The summed E-state index contributed by atoms with van der Waals surface area (Å²) in [6, 6.07) is 13.7. The van der Waals surface area contributed by atoms with Crippen LogP contribution in [0.1, 0.15) is 17.9 Å². The lowest BCUT2D eigenvalue weighted by molar-refractivity contribution is -0.117. The smallest absolute Gasteiger partial charge is 0.232 e. The minimum Gasteiger partial charge on any atom is -0.385 e. The van der Waals surface area contributed by atoms with E-state index in [-0.39, 0.29) is 17.6 Å². The third-order valence-electron chi connectivity index (χ3n) is 3.51. The van der Waals surface area contributed by atoms with E-state index in [1.54, 1.807) is 12.1 Å². The van der Waals surface area contributed by atoms with Crippen molar-refractivity contribution in [2.75, 3.05) is 17.2 Å². The van der Waals surface area contributed by atoms with Gasteiger partial charge in [0.1, 0.15) is 5.82 Å². The Kier molecular flexibility index (Phi) is 3.37. The van der Waals surface area contributed by atoms with Crippen molar-refractivity contribution in [2.45, 2.75) is 12.3 Å². The maximum atomic E-state index is 12.9. The maximum absolute atomic E-state index is 12.9. The van der Waals surface area contributed by atoms with Crippen LogP contribution in [0.3, 0.4) is 0 Å². The van der Waals surface area contributed by atoms with E-state index in [2.05, 4.69) is 10.6 Å². The molecule has 0 spiro atoms. The van der Waals surface area contributed by atoms with Crippen molar-refractivity contribution < 1.29 is 9.18 Å². The average molecular weight is 270 g/mol. The predicted molar refractivity (Wildman–Crippen MR) is 77.3 cm³/mol. The number of para-hydroxylation sites is 1. The fraction of sp³-hybridized carbons (Fsp3) is 0.188. The molecule has 2 aromatic carbocycles. The van der Waals surface area contributed by atoms with Gasteiger partial charge in [0.25, 0.3) is 0 Å². The molecule has 0 fully saturated rings. The van der Waals surface area contributed by atoms with Crippen molar-refractivity contribution in [3.63, 3.8) is 0 Å². The molecular formula is C16H15FN2O. The summed E-state index contributed by atoms with van der Waals surface area (Å²) in [6.45, 7) is 0.776. The molecule has 2 aromatic rings. The Bertz CT molecular complexity index is 625. The molecule has 0 saturated heterocycles.